The molecule has 120 valence electrons. The smallest absolute Gasteiger partial charge is 0.202 e. The van der Waals surface area contributed by atoms with Gasteiger partial charge in [0.25, 0.3) is 0 Å². The summed E-state index contributed by atoms with van der Waals surface area (Å²) in [5.74, 6) is 0.555. The summed E-state index contributed by atoms with van der Waals surface area (Å²) < 4.78 is 0. The molecule has 0 amide bonds. The Labute approximate surface area is 141 Å². The minimum atomic E-state index is -0.714. The molecular formula is C15H21Cl2N5. The fourth-order valence-corrected chi connectivity index (χ4v) is 2.50. The lowest BCUT2D eigenvalue weighted by atomic mass is 10.0. The highest BCUT2D eigenvalue weighted by atomic mass is 35.5. The van der Waals surface area contributed by atoms with Gasteiger partial charge < -0.3 is 21.3 Å². The van der Waals surface area contributed by atoms with E-state index in [1.54, 1.807) is 12.3 Å². The Bertz CT molecular complexity index is 585. The van der Waals surface area contributed by atoms with Gasteiger partial charge in [-0.3, -0.25) is 0 Å². The van der Waals surface area contributed by atoms with E-state index < -0.39 is 5.66 Å². The van der Waals surface area contributed by atoms with Crippen LogP contribution in [0.4, 0.5) is 5.69 Å². The number of aliphatic imine (C=N–C) groups is 1. The Balaban J connectivity index is 2.06. The molecule has 1 aliphatic rings. The van der Waals surface area contributed by atoms with E-state index in [1.807, 2.05) is 32.3 Å². The van der Waals surface area contributed by atoms with Crippen LogP contribution in [0, 0.1) is 0 Å². The second-order valence-electron chi connectivity index (χ2n) is 5.56. The Hall–Kier alpha value is -1.27. The van der Waals surface area contributed by atoms with Gasteiger partial charge in [0.15, 0.2) is 0 Å². The van der Waals surface area contributed by atoms with E-state index in [0.29, 0.717) is 21.7 Å². The molecule has 0 radical (unpaired) electrons. The number of hydrogen-bond acceptors (Lipinski definition) is 5. The summed E-state index contributed by atoms with van der Waals surface area (Å²) in [7, 11) is 4.08. The number of benzene rings is 1. The minimum Gasteiger partial charge on any atom is -0.333 e. The van der Waals surface area contributed by atoms with Crippen LogP contribution in [0.1, 0.15) is 12.8 Å². The molecule has 1 aromatic rings. The zero-order chi connectivity index (χ0) is 16.2. The average molecular weight is 342 g/mol. The maximum Gasteiger partial charge on any atom is 0.202 e. The van der Waals surface area contributed by atoms with Gasteiger partial charge in [0.2, 0.25) is 5.96 Å². The van der Waals surface area contributed by atoms with Crippen molar-refractivity contribution < 1.29 is 0 Å². The van der Waals surface area contributed by atoms with Gasteiger partial charge in [0.05, 0.1) is 15.7 Å². The first-order valence-corrected chi connectivity index (χ1v) is 7.84. The number of hydrogen-bond donors (Lipinski definition) is 3. The maximum absolute atomic E-state index is 6.33. The SMILES string of the molecule is CN(C)CCCC1(N)C=CNC(Nc2cccc(Cl)c2Cl)=N1. The number of rotatable bonds is 5. The normalized spacial score (nSPS) is 20.7. The van der Waals surface area contributed by atoms with Crippen LogP contribution in [0.15, 0.2) is 35.5 Å². The van der Waals surface area contributed by atoms with E-state index in [2.05, 4.69) is 20.5 Å². The van der Waals surface area contributed by atoms with Crippen molar-refractivity contribution in [2.24, 2.45) is 10.7 Å². The molecule has 1 aliphatic heterocycles. The number of halogens is 2. The first kappa shape index (κ1) is 17.1. The van der Waals surface area contributed by atoms with Gasteiger partial charge in [-0.2, -0.15) is 0 Å². The third kappa shape index (κ3) is 4.61. The molecule has 0 bridgehead atoms. The molecule has 0 aromatic heterocycles. The fourth-order valence-electron chi connectivity index (χ4n) is 2.15. The molecule has 2 rings (SSSR count). The molecule has 1 heterocycles. The summed E-state index contributed by atoms with van der Waals surface area (Å²) in [4.78, 5) is 6.67. The second kappa shape index (κ2) is 7.33. The largest absolute Gasteiger partial charge is 0.333 e. The lowest BCUT2D eigenvalue weighted by Crippen LogP contribution is -2.44. The second-order valence-corrected chi connectivity index (χ2v) is 6.35. The van der Waals surface area contributed by atoms with Crippen molar-refractivity contribution in [3.05, 3.63) is 40.5 Å². The van der Waals surface area contributed by atoms with Gasteiger partial charge >= 0.3 is 0 Å². The molecule has 0 saturated carbocycles. The minimum absolute atomic E-state index is 0.457. The van der Waals surface area contributed by atoms with Gasteiger partial charge in [-0.25, -0.2) is 4.99 Å². The summed E-state index contributed by atoms with van der Waals surface area (Å²) >= 11 is 12.2. The van der Waals surface area contributed by atoms with Crippen molar-refractivity contribution in [2.75, 3.05) is 26.0 Å². The molecule has 0 spiro atoms. The van der Waals surface area contributed by atoms with Crippen LogP contribution in [-0.4, -0.2) is 37.2 Å². The topological polar surface area (TPSA) is 65.7 Å². The number of guanidine groups is 1. The van der Waals surface area contributed by atoms with Crippen molar-refractivity contribution in [3.8, 4) is 0 Å². The molecule has 0 aliphatic carbocycles. The number of nitrogens with one attached hydrogen (secondary N) is 2. The van der Waals surface area contributed by atoms with Crippen LogP contribution in [0.3, 0.4) is 0 Å². The Morgan fingerprint density at radius 3 is 2.86 bits per heavy atom. The van der Waals surface area contributed by atoms with Gasteiger partial charge in [0, 0.05) is 6.20 Å². The number of nitrogens with zero attached hydrogens (tertiary/aromatic N) is 2. The molecule has 0 saturated heterocycles. The summed E-state index contributed by atoms with van der Waals surface area (Å²) in [6, 6.07) is 5.39. The van der Waals surface area contributed by atoms with Crippen molar-refractivity contribution in [2.45, 2.75) is 18.5 Å². The van der Waals surface area contributed by atoms with E-state index in [4.69, 9.17) is 28.9 Å². The van der Waals surface area contributed by atoms with Crippen molar-refractivity contribution in [1.82, 2.24) is 10.2 Å². The molecule has 5 nitrogen and oxygen atoms in total. The molecule has 22 heavy (non-hydrogen) atoms. The van der Waals surface area contributed by atoms with Crippen molar-refractivity contribution >= 4 is 34.8 Å². The summed E-state index contributed by atoms with van der Waals surface area (Å²) in [5, 5.41) is 7.11. The molecule has 1 atom stereocenters. The quantitative estimate of drug-likeness (QED) is 0.770. The third-order valence-corrected chi connectivity index (χ3v) is 4.12. The van der Waals surface area contributed by atoms with Crippen LogP contribution in [0.5, 0.6) is 0 Å². The van der Waals surface area contributed by atoms with Gasteiger partial charge in [-0.1, -0.05) is 29.3 Å². The summed E-state index contributed by atoms with van der Waals surface area (Å²) in [6.07, 6.45) is 5.39. The van der Waals surface area contributed by atoms with Crippen LogP contribution >= 0.6 is 23.2 Å². The van der Waals surface area contributed by atoms with Gasteiger partial charge in [0.1, 0.15) is 5.66 Å². The fraction of sp³-hybridized carbons (Fsp3) is 0.400. The van der Waals surface area contributed by atoms with E-state index in [1.165, 1.54) is 0 Å². The highest BCUT2D eigenvalue weighted by Crippen LogP contribution is 2.29. The summed E-state index contributed by atoms with van der Waals surface area (Å²) in [5.41, 5.74) is 6.30. The predicted molar refractivity (Wildman–Crippen MR) is 94.5 cm³/mol. The molecule has 4 N–H and O–H groups in total. The Morgan fingerprint density at radius 2 is 2.14 bits per heavy atom. The van der Waals surface area contributed by atoms with Gasteiger partial charge in [-0.15, -0.1) is 0 Å². The highest BCUT2D eigenvalue weighted by Gasteiger charge is 2.24. The van der Waals surface area contributed by atoms with Crippen LogP contribution in [0.25, 0.3) is 0 Å². The van der Waals surface area contributed by atoms with Crippen LogP contribution < -0.4 is 16.4 Å². The number of nitrogens with two attached hydrogens (primary N) is 1. The van der Waals surface area contributed by atoms with Crippen LogP contribution in [0.2, 0.25) is 10.0 Å². The number of anilines is 1. The van der Waals surface area contributed by atoms with E-state index >= 15 is 0 Å². The first-order chi connectivity index (χ1) is 10.4. The molecule has 7 heteroatoms. The summed E-state index contributed by atoms with van der Waals surface area (Å²) in [6.45, 7) is 0.971. The predicted octanol–water partition coefficient (Wildman–Crippen LogP) is 2.88. The van der Waals surface area contributed by atoms with E-state index in [9.17, 15) is 0 Å². The first-order valence-electron chi connectivity index (χ1n) is 7.08. The lowest BCUT2D eigenvalue weighted by Gasteiger charge is -2.27. The molecule has 1 aromatic carbocycles. The van der Waals surface area contributed by atoms with Gasteiger partial charge in [-0.05, 0) is 51.7 Å². The lowest BCUT2D eigenvalue weighted by molar-refractivity contribution is 0.367. The average Bonchev–Trinajstić information content (AvgIpc) is 2.43. The van der Waals surface area contributed by atoms with E-state index in [-0.39, 0.29) is 0 Å². The molecule has 0 fully saturated rings. The third-order valence-electron chi connectivity index (χ3n) is 3.30. The Kier molecular flexibility index (Phi) is 5.69. The maximum atomic E-state index is 6.33. The van der Waals surface area contributed by atoms with Crippen molar-refractivity contribution in [1.29, 1.82) is 0 Å². The van der Waals surface area contributed by atoms with Crippen molar-refractivity contribution in [3.63, 3.8) is 0 Å². The Morgan fingerprint density at radius 1 is 1.36 bits per heavy atom. The molecule has 1 unspecified atom stereocenters. The monoisotopic (exact) mass is 341 g/mol. The standard InChI is InChI=1S/C15H21Cl2N5/c1-22(2)10-4-7-15(18)8-9-19-14(21-15)20-12-6-3-5-11(16)13(12)17/h3,5-6,8-9H,4,7,10,18H2,1-2H3,(H2,19,20,21). The van der Waals surface area contributed by atoms with E-state index in [0.717, 1.165) is 19.4 Å². The van der Waals surface area contributed by atoms with Crippen LogP contribution in [-0.2, 0) is 0 Å². The molecular weight excluding hydrogens is 321 g/mol. The highest BCUT2D eigenvalue weighted by molar-refractivity contribution is 6.44. The zero-order valence-corrected chi connectivity index (χ0v) is 14.2. The zero-order valence-electron chi connectivity index (χ0n) is 12.7.